The molecule has 0 radical (unpaired) electrons. The average Bonchev–Trinajstić information content (AvgIpc) is 2.87. The second-order valence-corrected chi connectivity index (χ2v) is 6.22. The van der Waals surface area contributed by atoms with Gasteiger partial charge < -0.3 is 10.2 Å². The van der Waals surface area contributed by atoms with Crippen LogP contribution in [0.5, 0.6) is 0 Å². The van der Waals surface area contributed by atoms with E-state index in [-0.39, 0.29) is 0 Å². The van der Waals surface area contributed by atoms with Gasteiger partial charge in [-0.05, 0) is 50.7 Å². The van der Waals surface area contributed by atoms with Crippen LogP contribution in [0.4, 0.5) is 0 Å². The molecule has 1 fully saturated rings. The first-order valence-corrected chi connectivity index (χ1v) is 8.70. The lowest BCUT2D eigenvalue weighted by molar-refractivity contribution is 0.212. The molecule has 0 heterocycles. The molecule has 19 heavy (non-hydrogen) atoms. The maximum Gasteiger partial charge on any atom is 0.00956 e. The highest BCUT2D eigenvalue weighted by Gasteiger charge is 2.26. The van der Waals surface area contributed by atoms with Crippen LogP contribution in [0, 0.1) is 11.8 Å². The summed E-state index contributed by atoms with van der Waals surface area (Å²) in [6, 6.07) is 0.803. The van der Waals surface area contributed by atoms with E-state index in [1.165, 1.54) is 58.2 Å². The molecule has 0 aromatic heterocycles. The Bertz CT molecular complexity index is 213. The minimum absolute atomic E-state index is 0.803. The van der Waals surface area contributed by atoms with Crippen molar-refractivity contribution in [2.75, 3.05) is 26.2 Å². The first-order valence-electron chi connectivity index (χ1n) is 8.70. The van der Waals surface area contributed by atoms with Gasteiger partial charge in [0.1, 0.15) is 0 Å². The lowest BCUT2D eigenvalue weighted by atomic mass is 9.98. The van der Waals surface area contributed by atoms with Crippen molar-refractivity contribution in [3.8, 4) is 0 Å². The van der Waals surface area contributed by atoms with Crippen molar-refractivity contribution in [3.63, 3.8) is 0 Å². The van der Waals surface area contributed by atoms with Gasteiger partial charge in [0.15, 0.2) is 0 Å². The smallest absolute Gasteiger partial charge is 0.00956 e. The van der Waals surface area contributed by atoms with E-state index in [0.29, 0.717) is 0 Å². The molecule has 0 aliphatic heterocycles. The lowest BCUT2D eigenvalue weighted by Crippen LogP contribution is -2.36. The summed E-state index contributed by atoms with van der Waals surface area (Å²) < 4.78 is 0. The van der Waals surface area contributed by atoms with Crippen LogP contribution in [-0.4, -0.2) is 37.1 Å². The van der Waals surface area contributed by atoms with Crippen LogP contribution in [0.25, 0.3) is 0 Å². The van der Waals surface area contributed by atoms with Crippen LogP contribution in [0.1, 0.15) is 66.2 Å². The van der Waals surface area contributed by atoms with Gasteiger partial charge in [0.25, 0.3) is 0 Å². The van der Waals surface area contributed by atoms with E-state index < -0.39 is 0 Å². The summed E-state index contributed by atoms with van der Waals surface area (Å²) in [7, 11) is 0. The maximum absolute atomic E-state index is 3.68. The Labute approximate surface area is 121 Å². The standard InChI is InChI=1S/C17H36N2/c1-5-15(6-2)14-19(8-4)13-12-16-10-9-11-17(16)18-7-3/h15-18H,5-14H2,1-4H3. The van der Waals surface area contributed by atoms with Gasteiger partial charge in [-0.1, -0.05) is 47.0 Å². The summed E-state index contributed by atoms with van der Waals surface area (Å²) >= 11 is 0. The summed E-state index contributed by atoms with van der Waals surface area (Å²) in [6.07, 6.45) is 8.33. The fourth-order valence-electron chi connectivity index (χ4n) is 3.55. The first-order chi connectivity index (χ1) is 9.24. The Morgan fingerprint density at radius 1 is 1.11 bits per heavy atom. The van der Waals surface area contributed by atoms with Gasteiger partial charge in [0.05, 0.1) is 0 Å². The molecule has 0 bridgehead atoms. The third-order valence-electron chi connectivity index (χ3n) is 5.06. The molecule has 1 N–H and O–H groups in total. The van der Waals surface area contributed by atoms with E-state index in [1.807, 2.05) is 0 Å². The summed E-state index contributed by atoms with van der Waals surface area (Å²) in [4.78, 5) is 2.68. The normalized spacial score (nSPS) is 23.7. The Morgan fingerprint density at radius 2 is 1.84 bits per heavy atom. The van der Waals surface area contributed by atoms with E-state index in [0.717, 1.165) is 24.4 Å². The molecule has 2 atom stereocenters. The van der Waals surface area contributed by atoms with Crippen molar-refractivity contribution in [1.29, 1.82) is 0 Å². The Hall–Kier alpha value is -0.0800. The fourth-order valence-corrected chi connectivity index (χ4v) is 3.55. The van der Waals surface area contributed by atoms with E-state index in [9.17, 15) is 0 Å². The predicted molar refractivity (Wildman–Crippen MR) is 85.6 cm³/mol. The van der Waals surface area contributed by atoms with Crippen molar-refractivity contribution >= 4 is 0 Å². The van der Waals surface area contributed by atoms with Crippen LogP contribution < -0.4 is 5.32 Å². The highest BCUT2D eigenvalue weighted by atomic mass is 15.1. The van der Waals surface area contributed by atoms with Crippen molar-refractivity contribution in [2.45, 2.75) is 72.3 Å². The average molecular weight is 268 g/mol. The van der Waals surface area contributed by atoms with E-state index in [2.05, 4.69) is 37.9 Å². The largest absolute Gasteiger partial charge is 0.314 e. The Morgan fingerprint density at radius 3 is 2.42 bits per heavy atom. The molecule has 0 aromatic rings. The highest BCUT2D eigenvalue weighted by Crippen LogP contribution is 2.28. The van der Waals surface area contributed by atoms with Crippen LogP contribution in [0.3, 0.4) is 0 Å². The molecule has 2 heteroatoms. The van der Waals surface area contributed by atoms with E-state index >= 15 is 0 Å². The molecule has 0 amide bonds. The second-order valence-electron chi connectivity index (χ2n) is 6.22. The summed E-state index contributed by atoms with van der Waals surface area (Å²) in [5, 5.41) is 3.68. The zero-order valence-electron chi connectivity index (χ0n) is 13.8. The van der Waals surface area contributed by atoms with Crippen molar-refractivity contribution in [2.24, 2.45) is 11.8 Å². The van der Waals surface area contributed by atoms with Crippen LogP contribution >= 0.6 is 0 Å². The highest BCUT2D eigenvalue weighted by molar-refractivity contribution is 4.83. The number of nitrogens with zero attached hydrogens (tertiary/aromatic N) is 1. The minimum Gasteiger partial charge on any atom is -0.314 e. The van der Waals surface area contributed by atoms with E-state index in [1.54, 1.807) is 0 Å². The SMILES string of the molecule is CCNC1CCCC1CCN(CC)CC(CC)CC. The number of hydrogen-bond donors (Lipinski definition) is 1. The number of rotatable bonds is 10. The van der Waals surface area contributed by atoms with Gasteiger partial charge in [-0.15, -0.1) is 0 Å². The number of hydrogen-bond acceptors (Lipinski definition) is 2. The molecule has 2 unspecified atom stereocenters. The van der Waals surface area contributed by atoms with Crippen LogP contribution in [-0.2, 0) is 0 Å². The molecule has 1 aliphatic carbocycles. The second kappa shape index (κ2) is 9.77. The molecule has 0 aromatic carbocycles. The number of nitrogens with one attached hydrogen (secondary N) is 1. The third-order valence-corrected chi connectivity index (χ3v) is 5.06. The molecule has 1 aliphatic rings. The topological polar surface area (TPSA) is 15.3 Å². The van der Waals surface area contributed by atoms with E-state index in [4.69, 9.17) is 0 Å². The van der Waals surface area contributed by atoms with Crippen molar-refractivity contribution in [1.82, 2.24) is 10.2 Å². The van der Waals surface area contributed by atoms with Crippen LogP contribution in [0.15, 0.2) is 0 Å². The summed E-state index contributed by atoms with van der Waals surface area (Å²) in [5.74, 6) is 1.82. The molecule has 0 saturated heterocycles. The molecular formula is C17H36N2. The Kier molecular flexibility index (Phi) is 8.72. The van der Waals surface area contributed by atoms with Gasteiger partial charge >= 0.3 is 0 Å². The van der Waals surface area contributed by atoms with Crippen molar-refractivity contribution in [3.05, 3.63) is 0 Å². The van der Waals surface area contributed by atoms with Gasteiger partial charge in [0.2, 0.25) is 0 Å². The van der Waals surface area contributed by atoms with Crippen molar-refractivity contribution < 1.29 is 0 Å². The Balaban J connectivity index is 2.31. The molecule has 1 rings (SSSR count). The summed E-state index contributed by atoms with van der Waals surface area (Å²) in [5.41, 5.74) is 0. The predicted octanol–water partition coefficient (Wildman–Crippen LogP) is 3.91. The van der Waals surface area contributed by atoms with Gasteiger partial charge in [-0.3, -0.25) is 0 Å². The minimum atomic E-state index is 0.803. The summed E-state index contributed by atoms with van der Waals surface area (Å²) in [6.45, 7) is 14.2. The zero-order chi connectivity index (χ0) is 14.1. The van der Waals surface area contributed by atoms with Crippen LogP contribution in [0.2, 0.25) is 0 Å². The zero-order valence-corrected chi connectivity index (χ0v) is 13.8. The van der Waals surface area contributed by atoms with Gasteiger partial charge in [-0.2, -0.15) is 0 Å². The first kappa shape index (κ1) is 17.0. The maximum atomic E-state index is 3.68. The quantitative estimate of drug-likeness (QED) is 0.646. The molecular weight excluding hydrogens is 232 g/mol. The molecule has 114 valence electrons. The molecule has 0 spiro atoms. The lowest BCUT2D eigenvalue weighted by Gasteiger charge is -2.28. The molecule has 1 saturated carbocycles. The third kappa shape index (κ3) is 5.83. The fraction of sp³-hybridized carbons (Fsp3) is 1.00. The monoisotopic (exact) mass is 268 g/mol. The van der Waals surface area contributed by atoms with Gasteiger partial charge in [0, 0.05) is 12.6 Å². The van der Waals surface area contributed by atoms with Gasteiger partial charge in [-0.25, -0.2) is 0 Å². The molecule has 2 nitrogen and oxygen atoms in total.